The Balaban J connectivity index is 2.16. The second kappa shape index (κ2) is 6.73. The molecule has 0 aliphatic heterocycles. The first-order chi connectivity index (χ1) is 12.2. The number of H-pyrrole nitrogens is 1. The number of nitrogens with zero attached hydrogens (tertiary/aromatic N) is 3. The first-order valence-electron chi connectivity index (χ1n) is 8.00. The van der Waals surface area contributed by atoms with E-state index < -0.39 is 15.4 Å². The number of halogens is 1. The summed E-state index contributed by atoms with van der Waals surface area (Å²) in [6.45, 7) is 3.94. The zero-order valence-corrected chi connectivity index (χ0v) is 15.9. The molecule has 0 aliphatic carbocycles. The smallest absolute Gasteiger partial charge is 0.328 e. The van der Waals surface area contributed by atoms with E-state index in [0.29, 0.717) is 11.4 Å². The number of aryl methyl sites for hydroxylation is 1. The molecular formula is C16H19ClN6O2S. The van der Waals surface area contributed by atoms with Gasteiger partial charge in [0.25, 0.3) is 0 Å². The number of nitrogen functional groups attached to an aromatic ring is 1. The molecule has 3 aromatic rings. The summed E-state index contributed by atoms with van der Waals surface area (Å²) in [7, 11) is -3.17. The van der Waals surface area contributed by atoms with Crippen LogP contribution in [0.1, 0.15) is 24.5 Å². The Morgan fingerprint density at radius 1 is 1.38 bits per heavy atom. The number of hydrogen-bond acceptors (Lipinski definition) is 6. The van der Waals surface area contributed by atoms with Crippen LogP contribution in [0.4, 0.5) is 5.82 Å². The Kier molecular flexibility index (Phi) is 4.76. The van der Waals surface area contributed by atoms with Gasteiger partial charge in [-0.15, -0.1) is 0 Å². The summed E-state index contributed by atoms with van der Waals surface area (Å²) in [5.74, 6) is 0.132. The van der Waals surface area contributed by atoms with Gasteiger partial charge in [0.15, 0.2) is 11.5 Å². The Labute approximate surface area is 155 Å². The van der Waals surface area contributed by atoms with Crippen molar-refractivity contribution < 1.29 is 4.21 Å². The fraction of sp³-hybridized carbons (Fsp3) is 0.312. The molecule has 2 aromatic heterocycles. The van der Waals surface area contributed by atoms with Gasteiger partial charge in [-0.1, -0.05) is 30.7 Å². The second-order valence-corrected chi connectivity index (χ2v) is 8.60. The third-order valence-corrected chi connectivity index (χ3v) is 6.16. The Morgan fingerprint density at radius 2 is 2.12 bits per heavy atom. The summed E-state index contributed by atoms with van der Waals surface area (Å²) in [4.78, 5) is 23.2. The minimum atomic E-state index is -3.17. The van der Waals surface area contributed by atoms with Gasteiger partial charge in [-0.2, -0.15) is 4.98 Å². The molecule has 0 saturated heterocycles. The Hall–Kier alpha value is -2.39. The van der Waals surface area contributed by atoms with Crippen molar-refractivity contribution in [1.29, 1.82) is 4.78 Å². The van der Waals surface area contributed by atoms with Crippen LogP contribution in [0.2, 0.25) is 5.02 Å². The van der Waals surface area contributed by atoms with Gasteiger partial charge in [0.2, 0.25) is 5.16 Å². The van der Waals surface area contributed by atoms with Gasteiger partial charge in [-0.3, -0.25) is 4.57 Å². The minimum Gasteiger partial charge on any atom is -0.382 e. The van der Waals surface area contributed by atoms with E-state index in [1.54, 1.807) is 6.07 Å². The van der Waals surface area contributed by atoms with Gasteiger partial charge in [-0.05, 0) is 30.5 Å². The fourth-order valence-corrected chi connectivity index (χ4v) is 4.05. The molecule has 0 amide bonds. The van der Waals surface area contributed by atoms with Crippen LogP contribution in [0, 0.1) is 11.7 Å². The lowest BCUT2D eigenvalue weighted by Gasteiger charge is -2.08. The topological polar surface area (TPSA) is 131 Å². The molecular weight excluding hydrogens is 376 g/mol. The van der Waals surface area contributed by atoms with Crippen LogP contribution in [0.25, 0.3) is 11.2 Å². The van der Waals surface area contributed by atoms with Gasteiger partial charge in [0.1, 0.15) is 15.2 Å². The van der Waals surface area contributed by atoms with Crippen molar-refractivity contribution in [3.05, 3.63) is 44.8 Å². The number of rotatable bonds is 5. The lowest BCUT2D eigenvalue weighted by molar-refractivity contribution is 0.665. The quantitative estimate of drug-likeness (QED) is 0.572. The zero-order valence-electron chi connectivity index (χ0n) is 14.4. The monoisotopic (exact) mass is 394 g/mol. The van der Waals surface area contributed by atoms with E-state index in [0.717, 1.165) is 11.1 Å². The van der Waals surface area contributed by atoms with Crippen molar-refractivity contribution in [2.45, 2.75) is 32.0 Å². The van der Waals surface area contributed by atoms with E-state index in [4.69, 9.17) is 22.1 Å². The first-order valence-corrected chi connectivity index (χ1v) is 10.1. The molecule has 0 saturated carbocycles. The van der Waals surface area contributed by atoms with E-state index in [2.05, 4.69) is 15.0 Å². The molecule has 8 nitrogen and oxygen atoms in total. The number of nitrogens with two attached hydrogens (primary N) is 1. The number of benzene rings is 1. The summed E-state index contributed by atoms with van der Waals surface area (Å²) in [5.41, 5.74) is 7.76. The van der Waals surface area contributed by atoms with Crippen molar-refractivity contribution in [3.63, 3.8) is 0 Å². The number of fused-ring (bicyclic) bond motifs is 1. The van der Waals surface area contributed by atoms with Gasteiger partial charge in [0, 0.05) is 10.8 Å². The highest BCUT2D eigenvalue weighted by molar-refractivity contribution is 7.92. The summed E-state index contributed by atoms with van der Waals surface area (Å²) >= 11 is 6.05. The molecule has 0 fully saturated rings. The molecule has 1 aromatic carbocycles. The van der Waals surface area contributed by atoms with Crippen LogP contribution in [0.3, 0.4) is 0 Å². The van der Waals surface area contributed by atoms with Gasteiger partial charge in [0.05, 0.1) is 6.54 Å². The van der Waals surface area contributed by atoms with Crippen molar-refractivity contribution >= 4 is 38.3 Å². The zero-order chi connectivity index (χ0) is 19.1. The number of hydrogen-bond donors (Lipinski definition) is 3. The molecule has 2 heterocycles. The number of aromatic amines is 1. The average molecular weight is 395 g/mol. The molecule has 0 spiro atoms. The van der Waals surface area contributed by atoms with E-state index >= 15 is 0 Å². The van der Waals surface area contributed by atoms with Crippen LogP contribution >= 0.6 is 11.6 Å². The maximum atomic E-state index is 12.5. The highest BCUT2D eigenvalue weighted by Crippen LogP contribution is 2.20. The molecule has 0 aliphatic rings. The first kappa shape index (κ1) is 18.4. The molecule has 138 valence electrons. The third-order valence-electron chi connectivity index (χ3n) is 3.98. The molecule has 1 atom stereocenters. The number of imidazole rings is 1. The van der Waals surface area contributed by atoms with Gasteiger partial charge < -0.3 is 10.7 Å². The highest BCUT2D eigenvalue weighted by Gasteiger charge is 2.19. The van der Waals surface area contributed by atoms with E-state index in [1.807, 2.05) is 26.0 Å². The Bertz CT molecular complexity index is 1150. The molecule has 4 N–H and O–H groups in total. The van der Waals surface area contributed by atoms with Gasteiger partial charge >= 0.3 is 5.69 Å². The summed E-state index contributed by atoms with van der Waals surface area (Å²) in [6.07, 6.45) is 0.549. The molecule has 0 radical (unpaired) electrons. The van der Waals surface area contributed by atoms with E-state index in [-0.39, 0.29) is 34.4 Å². The molecule has 0 bridgehead atoms. The summed E-state index contributed by atoms with van der Waals surface area (Å²) in [6, 6.07) is 5.46. The summed E-state index contributed by atoms with van der Waals surface area (Å²) in [5, 5.41) is 0.492. The largest absolute Gasteiger partial charge is 0.382 e. The predicted molar refractivity (Wildman–Crippen MR) is 102 cm³/mol. The van der Waals surface area contributed by atoms with Crippen molar-refractivity contribution in [2.75, 3.05) is 11.5 Å². The fourth-order valence-electron chi connectivity index (χ4n) is 2.69. The van der Waals surface area contributed by atoms with Crippen LogP contribution in [-0.4, -0.2) is 29.5 Å². The van der Waals surface area contributed by atoms with Crippen LogP contribution in [0.15, 0.2) is 28.2 Å². The van der Waals surface area contributed by atoms with E-state index in [1.165, 1.54) is 4.57 Å². The highest BCUT2D eigenvalue weighted by atomic mass is 35.5. The van der Waals surface area contributed by atoms with Crippen LogP contribution in [-0.2, 0) is 16.3 Å². The van der Waals surface area contributed by atoms with Crippen molar-refractivity contribution in [3.8, 4) is 0 Å². The standard InChI is InChI=1S/C16H19ClN6O2S/c1-3-6-26(19,25)15-21-13(18)12-14(22-15)23(16(24)20-12)8-10-4-5-11(17)9(2)7-10/h4-5,7,19H,3,6,8H2,1-2H3,(H,20,24)(H2,18,21,22). The lowest BCUT2D eigenvalue weighted by atomic mass is 10.1. The van der Waals surface area contributed by atoms with Crippen molar-refractivity contribution in [2.24, 2.45) is 0 Å². The second-order valence-electron chi connectivity index (χ2n) is 6.07. The van der Waals surface area contributed by atoms with Crippen LogP contribution < -0.4 is 11.4 Å². The SMILES string of the molecule is CCCS(=N)(=O)c1nc(N)c2[nH]c(=O)n(Cc3ccc(Cl)c(C)c3)c2n1. The average Bonchev–Trinajstić information content (AvgIpc) is 2.88. The van der Waals surface area contributed by atoms with E-state index in [9.17, 15) is 9.00 Å². The van der Waals surface area contributed by atoms with Crippen molar-refractivity contribution in [1.82, 2.24) is 19.5 Å². The summed E-state index contributed by atoms with van der Waals surface area (Å²) < 4.78 is 21.9. The molecule has 10 heteroatoms. The number of anilines is 1. The maximum Gasteiger partial charge on any atom is 0.328 e. The normalized spacial score (nSPS) is 13.8. The molecule has 26 heavy (non-hydrogen) atoms. The number of aromatic nitrogens is 4. The third kappa shape index (κ3) is 3.32. The number of nitrogens with one attached hydrogen (secondary N) is 2. The maximum absolute atomic E-state index is 12.5. The molecule has 1 unspecified atom stereocenters. The van der Waals surface area contributed by atoms with Crippen LogP contribution in [0.5, 0.6) is 0 Å². The molecule has 3 rings (SSSR count). The minimum absolute atomic E-state index is 0.00390. The van der Waals surface area contributed by atoms with Gasteiger partial charge in [-0.25, -0.2) is 18.8 Å². The lowest BCUT2D eigenvalue weighted by Crippen LogP contribution is -2.18. The predicted octanol–water partition coefficient (Wildman–Crippen LogP) is 2.53. The Morgan fingerprint density at radius 3 is 2.77 bits per heavy atom.